The summed E-state index contributed by atoms with van der Waals surface area (Å²) in [5.41, 5.74) is 2.54. The molecule has 0 spiro atoms. The average Bonchev–Trinajstić information content (AvgIpc) is 3.11. The van der Waals surface area contributed by atoms with Gasteiger partial charge in [0.15, 0.2) is 0 Å². The quantitative estimate of drug-likeness (QED) is 0.477. The van der Waals surface area contributed by atoms with Crippen LogP contribution in [0.4, 0.5) is 5.69 Å². The van der Waals surface area contributed by atoms with Gasteiger partial charge in [0.1, 0.15) is 23.0 Å². The average molecular weight is 433 g/mol. The number of rotatable bonds is 6. The van der Waals surface area contributed by atoms with Crippen LogP contribution in [-0.2, 0) is 4.79 Å². The number of aliphatic imine (C=N–C) groups is 1. The molecule has 3 aromatic rings. The molecule has 0 radical (unpaired) electrons. The van der Waals surface area contributed by atoms with Crippen molar-refractivity contribution in [3.63, 3.8) is 0 Å². The molecule has 0 N–H and O–H groups in total. The molecule has 156 valence electrons. The van der Waals surface area contributed by atoms with Crippen molar-refractivity contribution in [3.05, 3.63) is 94.6 Å². The number of ether oxygens (including phenoxy) is 2. The normalized spacial score (nSPS) is 14.7. The van der Waals surface area contributed by atoms with Crippen molar-refractivity contribution in [2.75, 3.05) is 18.6 Å². The molecule has 4 rings (SSSR count). The zero-order chi connectivity index (χ0) is 21.8. The predicted molar refractivity (Wildman–Crippen MR) is 124 cm³/mol. The molecule has 1 heterocycles. The van der Waals surface area contributed by atoms with E-state index in [0.29, 0.717) is 40.2 Å². The lowest BCUT2D eigenvalue weighted by atomic mass is 10.1. The van der Waals surface area contributed by atoms with E-state index in [2.05, 4.69) is 4.99 Å². The van der Waals surface area contributed by atoms with Gasteiger partial charge in [-0.3, -0.25) is 9.69 Å². The molecule has 0 saturated heterocycles. The molecule has 0 aromatic heterocycles. The molecule has 1 amide bonds. The van der Waals surface area contributed by atoms with Crippen LogP contribution >= 0.6 is 11.6 Å². The molecule has 0 atom stereocenters. The third kappa shape index (κ3) is 4.32. The van der Waals surface area contributed by atoms with Gasteiger partial charge in [0, 0.05) is 5.56 Å². The summed E-state index contributed by atoms with van der Waals surface area (Å²) >= 11 is 6.44. The number of nitrogens with zero attached hydrogens (tertiary/aromatic N) is 2. The summed E-state index contributed by atoms with van der Waals surface area (Å²) in [7, 11) is 1.60. The van der Waals surface area contributed by atoms with Crippen molar-refractivity contribution >= 4 is 35.1 Å². The molecule has 0 saturated carbocycles. The number of hydrogen-bond donors (Lipinski definition) is 0. The van der Waals surface area contributed by atoms with Gasteiger partial charge in [-0.25, -0.2) is 4.99 Å². The highest BCUT2D eigenvalue weighted by atomic mass is 35.5. The summed E-state index contributed by atoms with van der Waals surface area (Å²) in [5, 5.41) is 0.523. The lowest BCUT2D eigenvalue weighted by Gasteiger charge is -2.19. The van der Waals surface area contributed by atoms with E-state index in [1.807, 2.05) is 61.5 Å². The molecule has 31 heavy (non-hydrogen) atoms. The predicted octanol–water partition coefficient (Wildman–Crippen LogP) is 5.58. The summed E-state index contributed by atoms with van der Waals surface area (Å²) < 4.78 is 10.7. The molecule has 0 unspecified atom stereocenters. The second kappa shape index (κ2) is 9.06. The number of amidine groups is 1. The van der Waals surface area contributed by atoms with E-state index in [0.717, 1.165) is 11.3 Å². The van der Waals surface area contributed by atoms with Crippen LogP contribution in [0.3, 0.4) is 0 Å². The third-order valence-corrected chi connectivity index (χ3v) is 5.13. The minimum Gasteiger partial charge on any atom is -0.497 e. The Hall–Kier alpha value is -3.57. The van der Waals surface area contributed by atoms with Gasteiger partial charge in [0.05, 0.1) is 24.4 Å². The first-order valence-corrected chi connectivity index (χ1v) is 10.2. The third-order valence-electron chi connectivity index (χ3n) is 4.80. The van der Waals surface area contributed by atoms with Crippen molar-refractivity contribution in [2.24, 2.45) is 4.99 Å². The molecule has 5 nitrogen and oxygen atoms in total. The topological polar surface area (TPSA) is 51.1 Å². The second-order valence-electron chi connectivity index (χ2n) is 6.79. The van der Waals surface area contributed by atoms with Gasteiger partial charge in [-0.15, -0.1) is 0 Å². The molecule has 3 aromatic carbocycles. The highest BCUT2D eigenvalue weighted by Crippen LogP contribution is 2.31. The molecule has 1 aliphatic heterocycles. The zero-order valence-corrected chi connectivity index (χ0v) is 18.0. The van der Waals surface area contributed by atoms with Crippen LogP contribution in [0.2, 0.25) is 5.02 Å². The first kappa shape index (κ1) is 20.7. The van der Waals surface area contributed by atoms with E-state index in [4.69, 9.17) is 21.1 Å². The van der Waals surface area contributed by atoms with Crippen LogP contribution in [0.5, 0.6) is 11.5 Å². The molecule has 6 heteroatoms. The van der Waals surface area contributed by atoms with Gasteiger partial charge < -0.3 is 9.47 Å². The number of amides is 1. The number of carbonyl (C=O) groups is 1. The monoisotopic (exact) mass is 432 g/mol. The molecular weight excluding hydrogens is 412 g/mol. The Labute approximate surface area is 186 Å². The SMILES string of the molecule is CCOc1ccc(/C=C2/N=C(c3ccccc3Cl)N(c3ccc(OC)cc3)C2=O)cc1. The van der Waals surface area contributed by atoms with Crippen LogP contribution in [-0.4, -0.2) is 25.5 Å². The molecule has 0 aliphatic carbocycles. The highest BCUT2D eigenvalue weighted by molar-refractivity contribution is 6.39. The Bertz CT molecular complexity index is 1150. The highest BCUT2D eigenvalue weighted by Gasteiger charge is 2.33. The Morgan fingerprint density at radius 1 is 0.968 bits per heavy atom. The smallest absolute Gasteiger partial charge is 0.282 e. The number of hydrogen-bond acceptors (Lipinski definition) is 4. The number of carbonyl (C=O) groups excluding carboxylic acids is 1. The minimum atomic E-state index is -0.228. The van der Waals surface area contributed by atoms with Gasteiger partial charge in [0.25, 0.3) is 5.91 Å². The van der Waals surface area contributed by atoms with Crippen LogP contribution in [0.1, 0.15) is 18.1 Å². The first-order valence-electron chi connectivity index (χ1n) is 9.87. The van der Waals surface area contributed by atoms with Crippen molar-refractivity contribution < 1.29 is 14.3 Å². The summed E-state index contributed by atoms with van der Waals surface area (Å²) in [6, 6.07) is 22.1. The fourth-order valence-electron chi connectivity index (χ4n) is 3.30. The maximum absolute atomic E-state index is 13.4. The van der Waals surface area contributed by atoms with Crippen LogP contribution in [0, 0.1) is 0 Å². The fourth-order valence-corrected chi connectivity index (χ4v) is 3.52. The van der Waals surface area contributed by atoms with E-state index in [9.17, 15) is 4.79 Å². The van der Waals surface area contributed by atoms with Crippen molar-refractivity contribution in [1.82, 2.24) is 0 Å². The van der Waals surface area contributed by atoms with Gasteiger partial charge in [-0.1, -0.05) is 35.9 Å². The van der Waals surface area contributed by atoms with Gasteiger partial charge in [0.2, 0.25) is 0 Å². The Balaban J connectivity index is 1.76. The van der Waals surface area contributed by atoms with E-state index >= 15 is 0 Å². The second-order valence-corrected chi connectivity index (χ2v) is 7.19. The van der Waals surface area contributed by atoms with Crippen molar-refractivity contribution in [3.8, 4) is 11.5 Å². The van der Waals surface area contributed by atoms with E-state index in [1.54, 1.807) is 36.3 Å². The first-order chi connectivity index (χ1) is 15.1. The standard InChI is InChI=1S/C25H21ClN2O3/c1-3-31-20-12-8-17(9-13-20)16-23-25(29)28(18-10-14-19(30-2)15-11-18)24(27-23)21-6-4-5-7-22(21)26/h4-16H,3H2,1-2H3/b23-16+. The number of methoxy groups -OCH3 is 1. The zero-order valence-electron chi connectivity index (χ0n) is 17.2. The summed E-state index contributed by atoms with van der Waals surface area (Å²) in [4.78, 5) is 19.6. The molecule has 1 aliphatic rings. The van der Waals surface area contributed by atoms with Crippen LogP contribution in [0.25, 0.3) is 6.08 Å². The number of halogens is 1. The maximum Gasteiger partial charge on any atom is 0.282 e. The van der Waals surface area contributed by atoms with E-state index in [-0.39, 0.29) is 5.91 Å². The minimum absolute atomic E-state index is 0.228. The Morgan fingerprint density at radius 3 is 2.29 bits per heavy atom. The van der Waals surface area contributed by atoms with E-state index in [1.165, 1.54) is 0 Å². The van der Waals surface area contributed by atoms with Crippen molar-refractivity contribution in [2.45, 2.75) is 6.92 Å². The molecule has 0 bridgehead atoms. The summed E-state index contributed by atoms with van der Waals surface area (Å²) in [6.07, 6.45) is 1.76. The lowest BCUT2D eigenvalue weighted by Crippen LogP contribution is -2.32. The van der Waals surface area contributed by atoms with Crippen molar-refractivity contribution in [1.29, 1.82) is 0 Å². The van der Waals surface area contributed by atoms with Crippen LogP contribution < -0.4 is 14.4 Å². The summed E-state index contributed by atoms with van der Waals surface area (Å²) in [5.74, 6) is 1.74. The van der Waals surface area contributed by atoms with Crippen LogP contribution in [0.15, 0.2) is 83.5 Å². The maximum atomic E-state index is 13.4. The van der Waals surface area contributed by atoms with Gasteiger partial charge in [-0.05, 0) is 67.1 Å². The number of anilines is 1. The lowest BCUT2D eigenvalue weighted by molar-refractivity contribution is -0.113. The summed E-state index contributed by atoms with van der Waals surface area (Å²) in [6.45, 7) is 2.53. The van der Waals surface area contributed by atoms with Gasteiger partial charge >= 0.3 is 0 Å². The Kier molecular flexibility index (Phi) is 6.05. The number of benzene rings is 3. The van der Waals surface area contributed by atoms with Gasteiger partial charge in [-0.2, -0.15) is 0 Å². The largest absolute Gasteiger partial charge is 0.497 e. The molecule has 0 fully saturated rings. The van der Waals surface area contributed by atoms with E-state index < -0.39 is 0 Å². The fraction of sp³-hybridized carbons (Fsp3) is 0.120. The Morgan fingerprint density at radius 2 is 1.65 bits per heavy atom. The molecular formula is C25H21ClN2O3.